The number of nitrogens with one attached hydrogen (secondary N) is 1. The van der Waals surface area contributed by atoms with Gasteiger partial charge in [0.2, 0.25) is 0 Å². The molecule has 2 rings (SSSR count). The lowest BCUT2D eigenvalue weighted by Gasteiger charge is -2.23. The third-order valence-corrected chi connectivity index (χ3v) is 3.82. The Morgan fingerprint density at radius 3 is 2.65 bits per heavy atom. The number of carbonyl (C=O) groups is 2. The van der Waals surface area contributed by atoms with Crippen molar-refractivity contribution < 1.29 is 14.7 Å². The van der Waals surface area contributed by atoms with Gasteiger partial charge in [-0.15, -0.1) is 0 Å². The highest BCUT2D eigenvalue weighted by molar-refractivity contribution is 5.79. The number of aromatic nitrogens is 1. The van der Waals surface area contributed by atoms with Crippen molar-refractivity contribution in [2.24, 2.45) is 5.41 Å². The van der Waals surface area contributed by atoms with Crippen LogP contribution in [-0.4, -0.2) is 40.1 Å². The third-order valence-electron chi connectivity index (χ3n) is 3.82. The van der Waals surface area contributed by atoms with Gasteiger partial charge in [-0.2, -0.15) is 0 Å². The zero-order chi connectivity index (χ0) is 14.8. The molecule has 0 aromatic carbocycles. The zero-order valence-corrected chi connectivity index (χ0v) is 11.7. The average Bonchev–Trinajstić information content (AvgIpc) is 2.84. The van der Waals surface area contributed by atoms with E-state index in [2.05, 4.69) is 10.3 Å². The summed E-state index contributed by atoms with van der Waals surface area (Å²) in [6.45, 7) is 4.28. The van der Waals surface area contributed by atoms with Crippen molar-refractivity contribution in [1.29, 1.82) is 0 Å². The summed E-state index contributed by atoms with van der Waals surface area (Å²) in [5, 5.41) is 12.0. The summed E-state index contributed by atoms with van der Waals surface area (Å²) in [6, 6.07) is 3.33. The molecule has 1 saturated heterocycles. The quantitative estimate of drug-likeness (QED) is 0.880. The van der Waals surface area contributed by atoms with Crippen LogP contribution in [0, 0.1) is 5.41 Å². The van der Waals surface area contributed by atoms with Gasteiger partial charge >= 0.3 is 12.0 Å². The van der Waals surface area contributed by atoms with Crippen molar-refractivity contribution in [3.05, 3.63) is 30.1 Å². The number of hydrogen-bond donors (Lipinski definition) is 2. The molecule has 6 nitrogen and oxygen atoms in total. The first-order valence-electron chi connectivity index (χ1n) is 6.61. The Bertz CT molecular complexity index is 506. The molecule has 1 aromatic rings. The standard InChI is InChI=1S/C14H19N3O3/c1-10(11-3-6-15-7-4-11)16-13(20)17-8-5-14(2,9-17)12(18)19/h3-4,6-7,10H,5,8-9H2,1-2H3,(H,16,20)(H,18,19). The molecule has 0 spiro atoms. The number of aliphatic carboxylic acids is 1. The van der Waals surface area contributed by atoms with E-state index in [1.807, 2.05) is 19.1 Å². The molecular formula is C14H19N3O3. The molecule has 6 heteroatoms. The summed E-state index contributed by atoms with van der Waals surface area (Å²) in [6.07, 6.45) is 3.84. The van der Waals surface area contributed by atoms with Crippen LogP contribution in [0.4, 0.5) is 4.79 Å². The van der Waals surface area contributed by atoms with Gasteiger partial charge in [0.05, 0.1) is 11.5 Å². The number of hydrogen-bond acceptors (Lipinski definition) is 3. The van der Waals surface area contributed by atoms with Gasteiger partial charge in [-0.25, -0.2) is 4.79 Å². The highest BCUT2D eigenvalue weighted by Gasteiger charge is 2.42. The van der Waals surface area contributed by atoms with E-state index in [4.69, 9.17) is 5.11 Å². The summed E-state index contributed by atoms with van der Waals surface area (Å²) < 4.78 is 0. The third kappa shape index (κ3) is 2.89. The highest BCUT2D eigenvalue weighted by Crippen LogP contribution is 2.30. The first-order valence-corrected chi connectivity index (χ1v) is 6.61. The van der Waals surface area contributed by atoms with E-state index in [1.54, 1.807) is 24.2 Å². The predicted molar refractivity (Wildman–Crippen MR) is 73.1 cm³/mol. The lowest BCUT2D eigenvalue weighted by molar-refractivity contribution is -0.146. The largest absolute Gasteiger partial charge is 0.481 e. The maximum absolute atomic E-state index is 12.1. The SMILES string of the molecule is CC(NC(=O)N1CCC(C)(C(=O)O)C1)c1ccncc1. The number of likely N-dealkylation sites (tertiary alicyclic amines) is 1. The summed E-state index contributed by atoms with van der Waals surface area (Å²) in [5.41, 5.74) is 0.130. The molecule has 1 aromatic heterocycles. The lowest BCUT2D eigenvalue weighted by Crippen LogP contribution is -2.41. The van der Waals surface area contributed by atoms with Gasteiger partial charge in [0.1, 0.15) is 0 Å². The molecule has 1 aliphatic heterocycles. The van der Waals surface area contributed by atoms with Crippen molar-refractivity contribution in [2.45, 2.75) is 26.3 Å². The topological polar surface area (TPSA) is 82.5 Å². The van der Waals surface area contributed by atoms with Crippen molar-refractivity contribution in [3.8, 4) is 0 Å². The first kappa shape index (κ1) is 14.3. The first-order chi connectivity index (χ1) is 9.42. The van der Waals surface area contributed by atoms with Crippen LogP contribution in [0.1, 0.15) is 31.9 Å². The van der Waals surface area contributed by atoms with Gasteiger partial charge in [-0.05, 0) is 38.0 Å². The summed E-state index contributed by atoms with van der Waals surface area (Å²) >= 11 is 0. The van der Waals surface area contributed by atoms with E-state index in [0.29, 0.717) is 13.0 Å². The van der Waals surface area contributed by atoms with Crippen molar-refractivity contribution in [3.63, 3.8) is 0 Å². The number of urea groups is 1. The average molecular weight is 277 g/mol. The Hall–Kier alpha value is -2.11. The minimum absolute atomic E-state index is 0.137. The molecule has 2 heterocycles. The van der Waals surface area contributed by atoms with Gasteiger partial charge in [0, 0.05) is 25.5 Å². The second kappa shape index (κ2) is 5.48. The van der Waals surface area contributed by atoms with Crippen LogP contribution in [0.2, 0.25) is 0 Å². The number of carboxylic acids is 1. The van der Waals surface area contributed by atoms with Crippen LogP contribution in [0.3, 0.4) is 0 Å². The monoisotopic (exact) mass is 277 g/mol. The fourth-order valence-corrected chi connectivity index (χ4v) is 2.32. The van der Waals surface area contributed by atoms with E-state index < -0.39 is 11.4 Å². The Morgan fingerprint density at radius 1 is 1.45 bits per heavy atom. The predicted octanol–water partition coefficient (Wildman–Crippen LogP) is 1.65. The molecule has 20 heavy (non-hydrogen) atoms. The Labute approximate surface area is 117 Å². The van der Waals surface area contributed by atoms with Crippen LogP contribution in [-0.2, 0) is 4.79 Å². The molecule has 1 fully saturated rings. The normalized spacial score (nSPS) is 23.4. The Balaban J connectivity index is 1.95. The Kier molecular flexibility index (Phi) is 3.92. The van der Waals surface area contributed by atoms with E-state index in [0.717, 1.165) is 5.56 Å². The van der Waals surface area contributed by atoms with E-state index in [-0.39, 0.29) is 18.6 Å². The van der Waals surface area contributed by atoms with Crippen LogP contribution in [0.5, 0.6) is 0 Å². The van der Waals surface area contributed by atoms with Crippen LogP contribution in [0.25, 0.3) is 0 Å². The molecular weight excluding hydrogens is 258 g/mol. The maximum Gasteiger partial charge on any atom is 0.317 e. The molecule has 0 aliphatic carbocycles. The number of amides is 2. The van der Waals surface area contributed by atoms with Gasteiger partial charge in [0.15, 0.2) is 0 Å². The lowest BCUT2D eigenvalue weighted by atomic mass is 9.90. The molecule has 2 N–H and O–H groups in total. The summed E-state index contributed by atoms with van der Waals surface area (Å²) in [7, 11) is 0. The van der Waals surface area contributed by atoms with E-state index >= 15 is 0 Å². The fraction of sp³-hybridized carbons (Fsp3) is 0.500. The second-order valence-corrected chi connectivity index (χ2v) is 5.49. The number of rotatable bonds is 3. The van der Waals surface area contributed by atoms with Gasteiger partial charge in [-0.3, -0.25) is 9.78 Å². The van der Waals surface area contributed by atoms with Crippen LogP contribution in [0.15, 0.2) is 24.5 Å². The van der Waals surface area contributed by atoms with Gasteiger partial charge in [-0.1, -0.05) is 0 Å². The van der Waals surface area contributed by atoms with E-state index in [9.17, 15) is 9.59 Å². The zero-order valence-electron chi connectivity index (χ0n) is 11.7. The van der Waals surface area contributed by atoms with Crippen LogP contribution < -0.4 is 5.32 Å². The number of carbonyl (C=O) groups excluding carboxylic acids is 1. The molecule has 2 unspecified atom stereocenters. The summed E-state index contributed by atoms with van der Waals surface area (Å²) in [4.78, 5) is 28.8. The highest BCUT2D eigenvalue weighted by atomic mass is 16.4. The number of pyridine rings is 1. The van der Waals surface area contributed by atoms with Gasteiger partial charge in [0.25, 0.3) is 0 Å². The minimum atomic E-state index is -0.852. The molecule has 0 bridgehead atoms. The maximum atomic E-state index is 12.1. The summed E-state index contributed by atoms with van der Waals surface area (Å²) in [5.74, 6) is -0.852. The van der Waals surface area contributed by atoms with Crippen molar-refractivity contribution in [1.82, 2.24) is 15.2 Å². The molecule has 108 valence electrons. The number of nitrogens with zero attached hydrogens (tertiary/aromatic N) is 2. The van der Waals surface area contributed by atoms with Crippen molar-refractivity contribution in [2.75, 3.05) is 13.1 Å². The minimum Gasteiger partial charge on any atom is -0.481 e. The Morgan fingerprint density at radius 2 is 2.10 bits per heavy atom. The van der Waals surface area contributed by atoms with Gasteiger partial charge < -0.3 is 15.3 Å². The molecule has 0 saturated carbocycles. The second-order valence-electron chi connectivity index (χ2n) is 5.49. The molecule has 2 atom stereocenters. The van der Waals surface area contributed by atoms with Crippen LogP contribution >= 0.6 is 0 Å². The fourth-order valence-electron chi connectivity index (χ4n) is 2.32. The smallest absolute Gasteiger partial charge is 0.317 e. The van der Waals surface area contributed by atoms with Crippen molar-refractivity contribution >= 4 is 12.0 Å². The molecule has 2 amide bonds. The number of carboxylic acid groups (broad SMARTS) is 1. The molecule has 1 aliphatic rings. The van der Waals surface area contributed by atoms with E-state index in [1.165, 1.54) is 0 Å². The molecule has 0 radical (unpaired) electrons.